The Balaban J connectivity index is 2.37. The molecule has 4 heteroatoms. The highest BCUT2D eigenvalue weighted by Gasteiger charge is 2.12. The van der Waals surface area contributed by atoms with Crippen molar-refractivity contribution in [3.63, 3.8) is 0 Å². The van der Waals surface area contributed by atoms with Crippen molar-refractivity contribution >= 4 is 17.2 Å². The third-order valence-corrected chi connectivity index (χ3v) is 4.34. The maximum Gasteiger partial charge on any atom is 0.134 e. The summed E-state index contributed by atoms with van der Waals surface area (Å²) in [6, 6.07) is 10.2. The first kappa shape index (κ1) is 19.7. The molecule has 2 rings (SSSR count). The first-order valence-corrected chi connectivity index (χ1v) is 9.37. The van der Waals surface area contributed by atoms with Crippen LogP contribution in [0.5, 0.6) is 0 Å². The normalized spacial score (nSPS) is 12.2. The summed E-state index contributed by atoms with van der Waals surface area (Å²) in [7, 11) is 1.94. The van der Waals surface area contributed by atoms with Crippen LogP contribution in [0.2, 0.25) is 0 Å². The lowest BCUT2D eigenvalue weighted by atomic mass is 10.1. The molecular weight excluding hydrogens is 320 g/mol. The van der Waals surface area contributed by atoms with Crippen molar-refractivity contribution in [3.8, 4) is 0 Å². The zero-order valence-electron chi connectivity index (χ0n) is 16.4. The molecule has 0 saturated heterocycles. The van der Waals surface area contributed by atoms with Crippen molar-refractivity contribution in [3.05, 3.63) is 66.1 Å². The van der Waals surface area contributed by atoms with E-state index in [0.717, 1.165) is 35.9 Å². The van der Waals surface area contributed by atoms with E-state index in [-0.39, 0.29) is 0 Å². The summed E-state index contributed by atoms with van der Waals surface area (Å²) in [4.78, 5) is 11.4. The molecule has 0 radical (unpaired) electrons. The van der Waals surface area contributed by atoms with E-state index in [0.29, 0.717) is 0 Å². The zero-order chi connectivity index (χ0) is 18.8. The zero-order valence-corrected chi connectivity index (χ0v) is 16.4. The summed E-state index contributed by atoms with van der Waals surface area (Å²) in [5.74, 6) is 1.88. The molecule has 0 aliphatic rings. The Bertz CT molecular complexity index is 735. The van der Waals surface area contributed by atoms with Gasteiger partial charge in [0, 0.05) is 31.7 Å². The quantitative estimate of drug-likeness (QED) is 0.490. The Labute approximate surface area is 157 Å². The minimum Gasteiger partial charge on any atom is -0.392 e. The second-order valence-corrected chi connectivity index (χ2v) is 6.27. The number of allylic oxidation sites excluding steroid dienone is 4. The lowest BCUT2D eigenvalue weighted by Crippen LogP contribution is -2.20. The van der Waals surface area contributed by atoms with Gasteiger partial charge in [-0.15, -0.1) is 0 Å². The Kier molecular flexibility index (Phi) is 7.87. The predicted molar refractivity (Wildman–Crippen MR) is 111 cm³/mol. The molecule has 0 aliphatic carbocycles. The van der Waals surface area contributed by atoms with Gasteiger partial charge in [0.05, 0.1) is 0 Å². The number of unbranched alkanes of at least 4 members (excludes halogenated alkanes) is 2. The fourth-order valence-corrected chi connectivity index (χ4v) is 2.76. The number of anilines is 2. The van der Waals surface area contributed by atoms with Crippen LogP contribution in [0.25, 0.3) is 5.57 Å². The van der Waals surface area contributed by atoms with Crippen LogP contribution < -0.4 is 10.2 Å². The maximum absolute atomic E-state index is 4.63. The summed E-state index contributed by atoms with van der Waals surface area (Å²) in [5.41, 5.74) is 3.46. The van der Waals surface area contributed by atoms with Crippen LogP contribution in [0.1, 0.15) is 45.6 Å². The van der Waals surface area contributed by atoms with Gasteiger partial charge in [0.15, 0.2) is 0 Å². The van der Waals surface area contributed by atoms with E-state index in [1.165, 1.54) is 18.4 Å². The smallest absolute Gasteiger partial charge is 0.134 e. The average Bonchev–Trinajstić information content (AvgIpc) is 2.70. The first-order chi connectivity index (χ1) is 12.7. The molecule has 0 bridgehead atoms. The van der Waals surface area contributed by atoms with Crippen molar-refractivity contribution in [2.75, 3.05) is 18.5 Å². The van der Waals surface area contributed by atoms with Gasteiger partial charge < -0.3 is 10.2 Å². The number of rotatable bonds is 9. The molecule has 0 spiro atoms. The van der Waals surface area contributed by atoms with Crippen LogP contribution >= 0.6 is 0 Å². The molecule has 1 N–H and O–H groups in total. The van der Waals surface area contributed by atoms with Gasteiger partial charge in [0.1, 0.15) is 11.6 Å². The van der Waals surface area contributed by atoms with Crippen molar-refractivity contribution in [2.45, 2.75) is 40.0 Å². The third-order valence-electron chi connectivity index (χ3n) is 4.34. The van der Waals surface area contributed by atoms with E-state index in [4.69, 9.17) is 0 Å². The second kappa shape index (κ2) is 10.4. The minimum atomic E-state index is 0.915. The monoisotopic (exact) mass is 350 g/mol. The fourth-order valence-electron chi connectivity index (χ4n) is 2.76. The van der Waals surface area contributed by atoms with Crippen molar-refractivity contribution in [2.24, 2.45) is 0 Å². The lowest BCUT2D eigenvalue weighted by Gasteiger charge is -2.23. The highest BCUT2D eigenvalue weighted by Crippen LogP contribution is 2.26. The average molecular weight is 351 g/mol. The maximum atomic E-state index is 4.63. The number of nitrogens with zero attached hydrogens (tertiary/aromatic N) is 3. The summed E-state index contributed by atoms with van der Waals surface area (Å²) >= 11 is 0. The highest BCUT2D eigenvalue weighted by molar-refractivity contribution is 5.76. The molecule has 2 aromatic heterocycles. The summed E-state index contributed by atoms with van der Waals surface area (Å²) in [5, 5.41) is 3.18. The van der Waals surface area contributed by atoms with Gasteiger partial charge >= 0.3 is 0 Å². The minimum absolute atomic E-state index is 0.915. The van der Waals surface area contributed by atoms with Crippen LogP contribution in [0.15, 0.2) is 60.6 Å². The van der Waals surface area contributed by atoms with Crippen molar-refractivity contribution in [1.29, 1.82) is 0 Å². The summed E-state index contributed by atoms with van der Waals surface area (Å²) in [6.45, 7) is 7.26. The van der Waals surface area contributed by atoms with Crippen molar-refractivity contribution in [1.82, 2.24) is 15.3 Å². The fraction of sp³-hybridized carbons (Fsp3) is 0.364. The van der Waals surface area contributed by atoms with Gasteiger partial charge in [0.2, 0.25) is 0 Å². The Morgan fingerprint density at radius 3 is 2.58 bits per heavy atom. The molecule has 0 saturated carbocycles. The van der Waals surface area contributed by atoms with Gasteiger partial charge in [-0.25, -0.2) is 9.97 Å². The Morgan fingerprint density at radius 2 is 1.92 bits per heavy atom. The second-order valence-electron chi connectivity index (χ2n) is 6.27. The molecule has 0 aliphatic heterocycles. The molecule has 0 fully saturated rings. The Hall–Kier alpha value is -2.62. The van der Waals surface area contributed by atoms with E-state index in [2.05, 4.69) is 65.2 Å². The van der Waals surface area contributed by atoms with Crippen LogP contribution in [-0.2, 0) is 0 Å². The van der Waals surface area contributed by atoms with Crippen LogP contribution in [0.3, 0.4) is 0 Å². The predicted octanol–water partition coefficient (Wildman–Crippen LogP) is 5.33. The van der Waals surface area contributed by atoms with E-state index >= 15 is 0 Å². The molecule has 138 valence electrons. The Morgan fingerprint density at radius 1 is 1.12 bits per heavy atom. The summed E-state index contributed by atoms with van der Waals surface area (Å²) in [6.07, 6.45) is 11.5. The number of hydrogen-bond acceptors (Lipinski definition) is 4. The number of hydrogen-bond donors (Lipinski definition) is 1. The molecule has 0 atom stereocenters. The topological polar surface area (TPSA) is 41.1 Å². The molecule has 26 heavy (non-hydrogen) atoms. The van der Waals surface area contributed by atoms with Gasteiger partial charge in [-0.05, 0) is 61.7 Å². The van der Waals surface area contributed by atoms with E-state index in [1.807, 2.05) is 37.6 Å². The molecular formula is C22H30N4. The van der Waals surface area contributed by atoms with Crippen molar-refractivity contribution < 1.29 is 0 Å². The van der Waals surface area contributed by atoms with E-state index in [1.54, 1.807) is 0 Å². The van der Waals surface area contributed by atoms with Gasteiger partial charge in [-0.2, -0.15) is 0 Å². The van der Waals surface area contributed by atoms with E-state index in [9.17, 15) is 0 Å². The van der Waals surface area contributed by atoms with Gasteiger partial charge in [0.25, 0.3) is 0 Å². The SMILES string of the molecule is C/C=C(\C=C(/C)NC)c1ccnc(N(CCCCC)c2ccccn2)c1. The first-order valence-electron chi connectivity index (χ1n) is 9.37. The molecule has 2 aromatic rings. The van der Waals surface area contributed by atoms with Gasteiger partial charge in [-0.3, -0.25) is 0 Å². The molecule has 0 unspecified atom stereocenters. The van der Waals surface area contributed by atoms with Crippen LogP contribution in [0, 0.1) is 0 Å². The van der Waals surface area contributed by atoms with Crippen LogP contribution in [-0.4, -0.2) is 23.6 Å². The number of aromatic nitrogens is 2. The summed E-state index contributed by atoms with van der Waals surface area (Å²) < 4.78 is 0. The number of nitrogens with one attached hydrogen (secondary N) is 1. The van der Waals surface area contributed by atoms with E-state index < -0.39 is 0 Å². The lowest BCUT2D eigenvalue weighted by molar-refractivity contribution is 0.710. The third kappa shape index (κ3) is 5.45. The van der Waals surface area contributed by atoms with Gasteiger partial charge in [-0.1, -0.05) is 31.9 Å². The molecule has 4 nitrogen and oxygen atoms in total. The largest absolute Gasteiger partial charge is 0.392 e. The number of pyridine rings is 2. The molecule has 0 aromatic carbocycles. The highest BCUT2D eigenvalue weighted by atomic mass is 15.2. The standard InChI is InChI=1S/C22H30N4/c1-5-7-10-15-26(21-11-8-9-13-24-21)22-17-20(12-14-25-22)19(6-2)16-18(3)23-4/h6,8-9,11-14,16-17,23H,5,7,10,15H2,1-4H3/b18-16+,19-6+. The molecule has 2 heterocycles. The van der Waals surface area contributed by atoms with Crippen LogP contribution in [0.4, 0.5) is 11.6 Å². The molecule has 0 amide bonds.